The van der Waals surface area contributed by atoms with Crippen LogP contribution in [0.5, 0.6) is 0 Å². The third-order valence-corrected chi connectivity index (χ3v) is 3.69. The first-order valence-electron chi connectivity index (χ1n) is 5.16. The summed E-state index contributed by atoms with van der Waals surface area (Å²) in [4.78, 5) is 11.8. The van der Waals surface area contributed by atoms with Crippen molar-refractivity contribution in [2.45, 2.75) is 18.9 Å². The van der Waals surface area contributed by atoms with Gasteiger partial charge in [-0.25, -0.2) is 0 Å². The number of amides is 1. The molecule has 0 saturated carbocycles. The minimum Gasteiger partial charge on any atom is -0.324 e. The molecule has 0 unspecified atom stereocenters. The van der Waals surface area contributed by atoms with Gasteiger partial charge in [-0.05, 0) is 60.2 Å². The van der Waals surface area contributed by atoms with Gasteiger partial charge in [-0.3, -0.25) is 4.79 Å². The Hall–Kier alpha value is -0.330. The van der Waals surface area contributed by atoms with E-state index < -0.39 is 0 Å². The van der Waals surface area contributed by atoms with Gasteiger partial charge in [0.2, 0.25) is 5.91 Å². The number of benzene rings is 1. The fraction of sp³-hybridized carbons (Fsp3) is 0.364. The van der Waals surface area contributed by atoms with Crippen molar-refractivity contribution in [1.82, 2.24) is 5.32 Å². The summed E-state index contributed by atoms with van der Waals surface area (Å²) in [6.07, 6.45) is 1.98. The summed E-state index contributed by atoms with van der Waals surface area (Å²) in [6.45, 7) is 0.926. The number of carbonyl (C=O) groups excluding carboxylic acids is 1. The summed E-state index contributed by atoms with van der Waals surface area (Å²) in [5.41, 5.74) is 0.823. The molecule has 1 saturated heterocycles. The highest BCUT2D eigenvalue weighted by Crippen LogP contribution is 2.22. The lowest BCUT2D eigenvalue weighted by Gasteiger charge is -2.12. The second-order valence-corrected chi connectivity index (χ2v) is 5.36. The highest BCUT2D eigenvalue weighted by molar-refractivity contribution is 14.1. The van der Waals surface area contributed by atoms with Crippen molar-refractivity contribution >= 4 is 45.8 Å². The molecule has 0 spiro atoms. The van der Waals surface area contributed by atoms with Gasteiger partial charge in [0.15, 0.2) is 0 Å². The van der Waals surface area contributed by atoms with E-state index in [1.54, 1.807) is 6.07 Å². The summed E-state index contributed by atoms with van der Waals surface area (Å²) < 4.78 is 0.955. The molecule has 1 aromatic carbocycles. The molecule has 16 heavy (non-hydrogen) atoms. The Kier molecular flexibility index (Phi) is 4.05. The maximum absolute atomic E-state index is 11.8. The molecule has 1 atom stereocenters. The fourth-order valence-corrected chi connectivity index (χ4v) is 2.73. The van der Waals surface area contributed by atoms with E-state index in [1.165, 1.54) is 0 Å². The zero-order valence-corrected chi connectivity index (χ0v) is 11.5. The van der Waals surface area contributed by atoms with Crippen LogP contribution in [0.3, 0.4) is 0 Å². The van der Waals surface area contributed by atoms with E-state index in [1.807, 2.05) is 12.1 Å². The SMILES string of the molecule is O=C(Nc1ccc(Cl)cc1I)[C@@H]1CCCN1. The van der Waals surface area contributed by atoms with E-state index in [4.69, 9.17) is 11.6 Å². The molecule has 86 valence electrons. The molecule has 1 heterocycles. The van der Waals surface area contributed by atoms with Crippen LogP contribution in [0.2, 0.25) is 5.02 Å². The number of halogens is 2. The predicted octanol–water partition coefficient (Wildman–Crippen LogP) is 2.64. The summed E-state index contributed by atoms with van der Waals surface area (Å²) in [5, 5.41) is 6.76. The molecule has 1 fully saturated rings. The van der Waals surface area contributed by atoms with E-state index in [2.05, 4.69) is 33.2 Å². The van der Waals surface area contributed by atoms with Crippen molar-refractivity contribution in [3.63, 3.8) is 0 Å². The minimum absolute atomic E-state index is 0.0396. The van der Waals surface area contributed by atoms with Gasteiger partial charge in [0.25, 0.3) is 0 Å². The molecule has 5 heteroatoms. The Morgan fingerprint density at radius 1 is 1.56 bits per heavy atom. The molecule has 1 amide bonds. The van der Waals surface area contributed by atoms with Gasteiger partial charge in [-0.1, -0.05) is 11.6 Å². The largest absolute Gasteiger partial charge is 0.324 e. The smallest absolute Gasteiger partial charge is 0.241 e. The van der Waals surface area contributed by atoms with Gasteiger partial charge < -0.3 is 10.6 Å². The van der Waals surface area contributed by atoms with Crippen molar-refractivity contribution in [3.05, 3.63) is 26.8 Å². The molecular formula is C11H12ClIN2O. The predicted molar refractivity (Wildman–Crippen MR) is 73.8 cm³/mol. The van der Waals surface area contributed by atoms with Crippen LogP contribution in [0.4, 0.5) is 5.69 Å². The average molecular weight is 351 g/mol. The standard InChI is InChI=1S/C11H12ClIN2O/c12-7-3-4-9(8(13)6-7)15-11(16)10-2-1-5-14-10/h3-4,6,10,14H,1-2,5H2,(H,15,16)/t10-/m0/s1. The first kappa shape index (κ1) is 12.1. The number of hydrogen-bond donors (Lipinski definition) is 2. The van der Waals surface area contributed by atoms with Crippen molar-refractivity contribution in [3.8, 4) is 0 Å². The summed E-state index contributed by atoms with van der Waals surface area (Å²) in [6, 6.07) is 5.39. The lowest BCUT2D eigenvalue weighted by molar-refractivity contribution is -0.117. The molecule has 0 radical (unpaired) electrons. The van der Waals surface area contributed by atoms with Crippen molar-refractivity contribution in [2.75, 3.05) is 11.9 Å². The second kappa shape index (κ2) is 5.33. The number of carbonyl (C=O) groups is 1. The van der Waals surface area contributed by atoms with Crippen molar-refractivity contribution in [1.29, 1.82) is 0 Å². The first-order chi connectivity index (χ1) is 7.66. The molecule has 3 nitrogen and oxygen atoms in total. The molecule has 2 rings (SSSR count). The monoisotopic (exact) mass is 350 g/mol. The van der Waals surface area contributed by atoms with Gasteiger partial charge in [-0.15, -0.1) is 0 Å². The summed E-state index contributed by atoms with van der Waals surface area (Å²) in [5.74, 6) is 0.0396. The van der Waals surface area contributed by atoms with Crippen LogP contribution in [0, 0.1) is 3.57 Å². The van der Waals surface area contributed by atoms with Crippen LogP contribution in [0.25, 0.3) is 0 Å². The second-order valence-electron chi connectivity index (χ2n) is 3.76. The van der Waals surface area contributed by atoms with Crippen molar-refractivity contribution < 1.29 is 4.79 Å². The van der Waals surface area contributed by atoms with E-state index in [0.29, 0.717) is 5.02 Å². The number of nitrogens with one attached hydrogen (secondary N) is 2. The maximum Gasteiger partial charge on any atom is 0.241 e. The zero-order valence-electron chi connectivity index (χ0n) is 8.59. The lowest BCUT2D eigenvalue weighted by Crippen LogP contribution is -2.35. The van der Waals surface area contributed by atoms with Gasteiger partial charge in [0, 0.05) is 8.59 Å². The fourth-order valence-electron chi connectivity index (χ4n) is 1.72. The highest BCUT2D eigenvalue weighted by Gasteiger charge is 2.22. The van der Waals surface area contributed by atoms with Crippen LogP contribution in [-0.4, -0.2) is 18.5 Å². The normalized spacial score (nSPS) is 19.8. The third-order valence-electron chi connectivity index (χ3n) is 2.57. The van der Waals surface area contributed by atoms with E-state index in [0.717, 1.165) is 28.6 Å². The molecule has 2 N–H and O–H groups in total. The Morgan fingerprint density at radius 2 is 2.38 bits per heavy atom. The first-order valence-corrected chi connectivity index (χ1v) is 6.62. The van der Waals surface area contributed by atoms with Crippen LogP contribution >= 0.6 is 34.2 Å². The summed E-state index contributed by atoms with van der Waals surface area (Å²) in [7, 11) is 0. The average Bonchev–Trinajstić information content (AvgIpc) is 2.75. The minimum atomic E-state index is -0.0496. The van der Waals surface area contributed by atoms with E-state index in [-0.39, 0.29) is 11.9 Å². The Bertz CT molecular complexity index is 405. The Morgan fingerprint density at radius 3 is 3.00 bits per heavy atom. The highest BCUT2D eigenvalue weighted by atomic mass is 127. The molecule has 0 bridgehead atoms. The van der Waals surface area contributed by atoms with Crippen LogP contribution in [-0.2, 0) is 4.79 Å². The van der Waals surface area contributed by atoms with E-state index in [9.17, 15) is 4.79 Å². The third kappa shape index (κ3) is 2.87. The number of rotatable bonds is 2. The topological polar surface area (TPSA) is 41.1 Å². The Labute approximate surface area is 113 Å². The van der Waals surface area contributed by atoms with Gasteiger partial charge in [0.05, 0.1) is 11.7 Å². The van der Waals surface area contributed by atoms with Crippen LogP contribution in [0.15, 0.2) is 18.2 Å². The van der Waals surface area contributed by atoms with Crippen molar-refractivity contribution in [2.24, 2.45) is 0 Å². The zero-order chi connectivity index (χ0) is 11.5. The quantitative estimate of drug-likeness (QED) is 0.805. The molecular weight excluding hydrogens is 338 g/mol. The van der Waals surface area contributed by atoms with Crippen LogP contribution in [0.1, 0.15) is 12.8 Å². The van der Waals surface area contributed by atoms with Crippen LogP contribution < -0.4 is 10.6 Å². The van der Waals surface area contributed by atoms with Gasteiger partial charge >= 0.3 is 0 Å². The molecule has 1 aromatic rings. The van der Waals surface area contributed by atoms with E-state index >= 15 is 0 Å². The van der Waals surface area contributed by atoms with Gasteiger partial charge in [-0.2, -0.15) is 0 Å². The summed E-state index contributed by atoms with van der Waals surface area (Å²) >= 11 is 8.01. The lowest BCUT2D eigenvalue weighted by atomic mass is 10.2. The molecule has 1 aliphatic heterocycles. The Balaban J connectivity index is 2.05. The maximum atomic E-state index is 11.8. The number of anilines is 1. The molecule has 0 aromatic heterocycles. The number of hydrogen-bond acceptors (Lipinski definition) is 2. The molecule has 0 aliphatic carbocycles. The van der Waals surface area contributed by atoms with Gasteiger partial charge in [0.1, 0.15) is 0 Å². The molecule has 1 aliphatic rings.